The van der Waals surface area contributed by atoms with Crippen LogP contribution < -0.4 is 10.1 Å². The predicted molar refractivity (Wildman–Crippen MR) is 126 cm³/mol. The van der Waals surface area contributed by atoms with Crippen LogP contribution in [-0.2, 0) is 11.3 Å². The van der Waals surface area contributed by atoms with Gasteiger partial charge in [-0.1, -0.05) is 49.9 Å². The molecule has 0 bridgehead atoms. The number of methoxy groups -OCH3 is 1. The predicted octanol–water partition coefficient (Wildman–Crippen LogP) is 5.81. The van der Waals surface area contributed by atoms with E-state index in [1.165, 1.54) is 19.6 Å². The summed E-state index contributed by atoms with van der Waals surface area (Å²) >= 11 is 6.03. The molecule has 0 spiro atoms. The van der Waals surface area contributed by atoms with Crippen molar-refractivity contribution in [2.24, 2.45) is 0 Å². The molecule has 1 fully saturated rings. The molecule has 0 aliphatic heterocycles. The Hall–Kier alpha value is -2.80. The van der Waals surface area contributed by atoms with Crippen LogP contribution in [0.25, 0.3) is 0 Å². The van der Waals surface area contributed by atoms with Crippen molar-refractivity contribution >= 4 is 28.9 Å². The van der Waals surface area contributed by atoms with Crippen LogP contribution in [0.3, 0.4) is 0 Å². The summed E-state index contributed by atoms with van der Waals surface area (Å²) in [5.41, 5.74) is 1.21. The topological polar surface area (TPSA) is 84.7 Å². The van der Waals surface area contributed by atoms with Gasteiger partial charge in [0.1, 0.15) is 17.5 Å². The molecule has 1 atom stereocenters. The summed E-state index contributed by atoms with van der Waals surface area (Å²) in [7, 11) is 1.46. The molecule has 7 nitrogen and oxygen atoms in total. The first-order chi connectivity index (χ1) is 15.4. The lowest BCUT2D eigenvalue weighted by atomic mass is 9.93. The van der Waals surface area contributed by atoms with E-state index in [0.29, 0.717) is 29.4 Å². The molecule has 1 saturated carbocycles. The van der Waals surface area contributed by atoms with Gasteiger partial charge >= 0.3 is 0 Å². The maximum absolute atomic E-state index is 13.7. The molecule has 1 unspecified atom stereocenters. The monoisotopic (exact) mass is 459 g/mol. The summed E-state index contributed by atoms with van der Waals surface area (Å²) in [5, 5.41) is 15.4. The molecule has 0 saturated heterocycles. The van der Waals surface area contributed by atoms with E-state index in [9.17, 15) is 14.9 Å². The fourth-order valence-electron chi connectivity index (χ4n) is 4.20. The highest BCUT2D eigenvalue weighted by atomic mass is 35.5. The van der Waals surface area contributed by atoms with Crippen LogP contribution in [0.1, 0.15) is 51.0 Å². The van der Waals surface area contributed by atoms with Crippen molar-refractivity contribution in [3.8, 4) is 5.75 Å². The van der Waals surface area contributed by atoms with Gasteiger partial charge in [-0.15, -0.1) is 0 Å². The number of hydrogen-bond donors (Lipinski definition) is 1. The molecular formula is C24H30ClN3O4. The fourth-order valence-corrected chi connectivity index (χ4v) is 4.33. The second kappa shape index (κ2) is 11.2. The van der Waals surface area contributed by atoms with E-state index in [2.05, 4.69) is 5.32 Å². The zero-order valence-electron chi connectivity index (χ0n) is 18.6. The van der Waals surface area contributed by atoms with Gasteiger partial charge in [-0.2, -0.15) is 0 Å². The Morgan fingerprint density at radius 3 is 2.50 bits per heavy atom. The normalized spacial score (nSPS) is 15.1. The lowest BCUT2D eigenvalue weighted by molar-refractivity contribution is -0.384. The van der Waals surface area contributed by atoms with Gasteiger partial charge in [0.15, 0.2) is 0 Å². The van der Waals surface area contributed by atoms with Crippen LogP contribution in [-0.4, -0.2) is 34.9 Å². The maximum atomic E-state index is 13.7. The molecule has 0 radical (unpaired) electrons. The van der Waals surface area contributed by atoms with E-state index in [-0.39, 0.29) is 17.6 Å². The number of nitrogens with zero attached hydrogens (tertiary/aromatic N) is 2. The molecule has 1 amide bonds. The quantitative estimate of drug-likeness (QED) is 0.378. The van der Waals surface area contributed by atoms with Gasteiger partial charge in [-0.25, -0.2) is 0 Å². The average molecular weight is 460 g/mol. The van der Waals surface area contributed by atoms with Crippen molar-refractivity contribution in [1.29, 1.82) is 0 Å². The second-order valence-electron chi connectivity index (χ2n) is 8.13. The van der Waals surface area contributed by atoms with Crippen LogP contribution in [0.5, 0.6) is 5.75 Å². The van der Waals surface area contributed by atoms with Crippen LogP contribution in [0, 0.1) is 10.1 Å². The van der Waals surface area contributed by atoms with Crippen molar-refractivity contribution in [2.75, 3.05) is 12.4 Å². The molecule has 3 rings (SSSR count). The SMILES string of the molecule is CCC(Nc1ccc(OC)cc1[N+](=O)[O-])C(=O)N(Cc1ccc(Cl)cc1)C1CCCCC1. The highest BCUT2D eigenvalue weighted by Crippen LogP contribution is 2.31. The third kappa shape index (κ3) is 5.91. The van der Waals surface area contributed by atoms with E-state index < -0.39 is 11.0 Å². The zero-order chi connectivity index (χ0) is 23.1. The number of rotatable bonds is 9. The van der Waals surface area contributed by atoms with Gasteiger partial charge in [0, 0.05) is 17.6 Å². The molecule has 1 aliphatic rings. The number of nitrogens with one attached hydrogen (secondary N) is 1. The van der Waals surface area contributed by atoms with Gasteiger partial charge in [0.2, 0.25) is 5.91 Å². The Bertz CT molecular complexity index is 929. The second-order valence-corrected chi connectivity index (χ2v) is 8.57. The van der Waals surface area contributed by atoms with Crippen molar-refractivity contribution < 1.29 is 14.5 Å². The highest BCUT2D eigenvalue weighted by Gasteiger charge is 2.31. The molecule has 2 aromatic rings. The maximum Gasteiger partial charge on any atom is 0.296 e. The largest absolute Gasteiger partial charge is 0.496 e. The van der Waals surface area contributed by atoms with Crippen LogP contribution >= 0.6 is 11.6 Å². The summed E-state index contributed by atoms with van der Waals surface area (Å²) < 4.78 is 5.11. The molecule has 1 aliphatic carbocycles. The summed E-state index contributed by atoms with van der Waals surface area (Å²) in [5.74, 6) is 0.354. The van der Waals surface area contributed by atoms with Crippen LogP contribution in [0.2, 0.25) is 5.02 Å². The lowest BCUT2D eigenvalue weighted by Gasteiger charge is -2.37. The number of benzene rings is 2. The van der Waals surface area contributed by atoms with Crippen molar-refractivity contribution in [3.05, 3.63) is 63.2 Å². The third-order valence-corrected chi connectivity index (χ3v) is 6.25. The molecule has 0 heterocycles. The van der Waals surface area contributed by atoms with Crippen LogP contribution in [0.4, 0.5) is 11.4 Å². The van der Waals surface area contributed by atoms with Crippen molar-refractivity contribution in [1.82, 2.24) is 4.90 Å². The highest BCUT2D eigenvalue weighted by molar-refractivity contribution is 6.30. The molecule has 2 aromatic carbocycles. The summed E-state index contributed by atoms with van der Waals surface area (Å²) in [6, 6.07) is 11.7. The number of amides is 1. The Morgan fingerprint density at radius 2 is 1.91 bits per heavy atom. The van der Waals surface area contributed by atoms with E-state index in [1.54, 1.807) is 12.1 Å². The molecule has 172 valence electrons. The number of nitro benzene ring substituents is 1. The Morgan fingerprint density at radius 1 is 1.22 bits per heavy atom. The summed E-state index contributed by atoms with van der Waals surface area (Å²) in [4.78, 5) is 26.8. The Kier molecular flexibility index (Phi) is 8.33. The minimum absolute atomic E-state index is 0.0422. The number of anilines is 1. The first-order valence-electron chi connectivity index (χ1n) is 11.1. The Balaban J connectivity index is 1.86. The van der Waals surface area contributed by atoms with Gasteiger partial charge < -0.3 is 15.0 Å². The lowest BCUT2D eigenvalue weighted by Crippen LogP contribution is -2.48. The van der Waals surface area contributed by atoms with E-state index in [1.807, 2.05) is 36.1 Å². The number of halogens is 1. The van der Waals surface area contributed by atoms with Crippen LogP contribution in [0.15, 0.2) is 42.5 Å². The van der Waals surface area contributed by atoms with Crippen molar-refractivity contribution in [2.45, 2.75) is 64.1 Å². The molecule has 0 aromatic heterocycles. The Labute approximate surface area is 193 Å². The molecule has 1 N–H and O–H groups in total. The number of carbonyl (C=O) groups is 1. The molecular weight excluding hydrogens is 430 g/mol. The zero-order valence-corrected chi connectivity index (χ0v) is 19.3. The fraction of sp³-hybridized carbons (Fsp3) is 0.458. The van der Waals surface area contributed by atoms with Gasteiger partial charge in [-0.3, -0.25) is 14.9 Å². The van der Waals surface area contributed by atoms with E-state index >= 15 is 0 Å². The first kappa shape index (κ1) is 23.9. The summed E-state index contributed by atoms with van der Waals surface area (Å²) in [6.45, 7) is 2.40. The minimum Gasteiger partial charge on any atom is -0.496 e. The number of ether oxygens (including phenoxy) is 1. The smallest absolute Gasteiger partial charge is 0.296 e. The van der Waals surface area contributed by atoms with Gasteiger partial charge in [-0.05, 0) is 49.1 Å². The van der Waals surface area contributed by atoms with E-state index in [4.69, 9.17) is 16.3 Å². The number of hydrogen-bond acceptors (Lipinski definition) is 5. The minimum atomic E-state index is -0.573. The van der Waals surface area contributed by atoms with Gasteiger partial charge in [0.25, 0.3) is 5.69 Å². The van der Waals surface area contributed by atoms with Crippen molar-refractivity contribution in [3.63, 3.8) is 0 Å². The molecule has 32 heavy (non-hydrogen) atoms. The molecule has 8 heteroatoms. The summed E-state index contributed by atoms with van der Waals surface area (Å²) in [6.07, 6.45) is 5.84. The first-order valence-corrected chi connectivity index (χ1v) is 11.4. The number of carbonyl (C=O) groups excluding carboxylic acids is 1. The average Bonchev–Trinajstić information content (AvgIpc) is 2.82. The van der Waals surface area contributed by atoms with E-state index in [0.717, 1.165) is 31.2 Å². The standard InChI is InChI=1S/C24H30ClN3O4/c1-3-21(26-22-14-13-20(32-2)15-23(22)28(30)31)24(29)27(19-7-5-4-6-8-19)16-17-9-11-18(25)12-10-17/h9-15,19,21,26H,3-8,16H2,1-2H3. The number of nitro groups is 1. The third-order valence-electron chi connectivity index (χ3n) is 6.00. The van der Waals surface area contributed by atoms with Gasteiger partial charge in [0.05, 0.1) is 18.1 Å².